The molecule has 2 aromatic rings. The van der Waals surface area contributed by atoms with E-state index in [1.165, 1.54) is 0 Å². The average Bonchev–Trinajstić information content (AvgIpc) is 2.57. The Morgan fingerprint density at radius 1 is 1.60 bits per heavy atom. The lowest BCUT2D eigenvalue weighted by Gasteiger charge is -2.06. The van der Waals surface area contributed by atoms with Gasteiger partial charge >= 0.3 is 5.76 Å². The molecule has 0 spiro atoms. The lowest BCUT2D eigenvalue weighted by atomic mass is 10.3. The molecule has 0 aliphatic carbocycles. The third kappa shape index (κ3) is 2.24. The highest BCUT2D eigenvalue weighted by Gasteiger charge is 2.05. The molecule has 0 aliphatic heterocycles. The van der Waals surface area contributed by atoms with E-state index in [9.17, 15) is 4.79 Å². The summed E-state index contributed by atoms with van der Waals surface area (Å²) in [4.78, 5) is 14.5. The first-order chi connectivity index (χ1) is 7.19. The standard InChI is InChI=1S/C10H11NO3S/c1-6(5-12)15-7-2-3-9-8(4-7)11-10(13)14-9/h2-4,6,12H,5H2,1H3,(H,11,13). The minimum absolute atomic E-state index is 0.130. The van der Waals surface area contributed by atoms with Crippen LogP contribution in [0.3, 0.4) is 0 Å². The minimum Gasteiger partial charge on any atom is -0.408 e. The van der Waals surface area contributed by atoms with Crippen molar-refractivity contribution < 1.29 is 9.52 Å². The van der Waals surface area contributed by atoms with E-state index in [1.54, 1.807) is 17.8 Å². The summed E-state index contributed by atoms with van der Waals surface area (Å²) in [6.07, 6.45) is 0. The number of thioether (sulfide) groups is 1. The number of aromatic amines is 1. The molecule has 0 saturated heterocycles. The zero-order valence-corrected chi connectivity index (χ0v) is 9.00. The zero-order valence-electron chi connectivity index (χ0n) is 8.19. The van der Waals surface area contributed by atoms with Crippen molar-refractivity contribution in [1.29, 1.82) is 0 Å². The Morgan fingerprint density at radius 3 is 3.13 bits per heavy atom. The molecular formula is C10H11NO3S. The number of fused-ring (bicyclic) bond motifs is 1. The number of benzene rings is 1. The van der Waals surface area contributed by atoms with Gasteiger partial charge in [-0.3, -0.25) is 4.98 Å². The van der Waals surface area contributed by atoms with Crippen LogP contribution in [-0.4, -0.2) is 21.9 Å². The molecule has 5 heteroatoms. The number of aromatic nitrogens is 1. The predicted octanol–water partition coefficient (Wildman–Crippen LogP) is 1.59. The Morgan fingerprint density at radius 2 is 2.40 bits per heavy atom. The first kappa shape index (κ1) is 10.3. The van der Waals surface area contributed by atoms with Crippen LogP contribution >= 0.6 is 11.8 Å². The maximum atomic E-state index is 10.9. The van der Waals surface area contributed by atoms with E-state index in [4.69, 9.17) is 9.52 Å². The molecular weight excluding hydrogens is 214 g/mol. The highest BCUT2D eigenvalue weighted by Crippen LogP contribution is 2.25. The minimum atomic E-state index is -0.442. The second kappa shape index (κ2) is 4.12. The van der Waals surface area contributed by atoms with Crippen LogP contribution in [0.2, 0.25) is 0 Å². The van der Waals surface area contributed by atoms with Crippen LogP contribution in [-0.2, 0) is 0 Å². The number of oxazole rings is 1. The number of hydrogen-bond donors (Lipinski definition) is 2. The summed E-state index contributed by atoms with van der Waals surface area (Å²) in [5.74, 6) is -0.442. The Labute approximate surface area is 90.3 Å². The van der Waals surface area contributed by atoms with Crippen molar-refractivity contribution in [3.8, 4) is 0 Å². The predicted molar refractivity (Wildman–Crippen MR) is 59.2 cm³/mol. The van der Waals surface area contributed by atoms with E-state index in [2.05, 4.69) is 4.98 Å². The molecule has 0 radical (unpaired) electrons. The molecule has 80 valence electrons. The highest BCUT2D eigenvalue weighted by molar-refractivity contribution is 8.00. The largest absolute Gasteiger partial charge is 0.417 e. The maximum absolute atomic E-state index is 10.9. The molecule has 1 aromatic carbocycles. The number of rotatable bonds is 3. The van der Waals surface area contributed by atoms with Crippen LogP contribution < -0.4 is 5.76 Å². The maximum Gasteiger partial charge on any atom is 0.417 e. The molecule has 0 saturated carbocycles. The van der Waals surface area contributed by atoms with E-state index in [0.717, 1.165) is 4.90 Å². The summed E-state index contributed by atoms with van der Waals surface area (Å²) < 4.78 is 4.88. The van der Waals surface area contributed by atoms with E-state index in [1.807, 2.05) is 19.1 Å². The fraction of sp³-hybridized carbons (Fsp3) is 0.300. The van der Waals surface area contributed by atoms with Gasteiger partial charge in [0.1, 0.15) is 0 Å². The van der Waals surface area contributed by atoms with Crippen LogP contribution in [0.1, 0.15) is 6.92 Å². The Bertz CT molecular complexity index is 517. The fourth-order valence-electron chi connectivity index (χ4n) is 1.27. The Balaban J connectivity index is 2.34. The van der Waals surface area contributed by atoms with Crippen LogP contribution in [0.25, 0.3) is 11.1 Å². The van der Waals surface area contributed by atoms with Crippen LogP contribution in [0.5, 0.6) is 0 Å². The van der Waals surface area contributed by atoms with Crippen molar-refractivity contribution in [2.45, 2.75) is 17.1 Å². The van der Waals surface area contributed by atoms with E-state index < -0.39 is 5.76 Å². The number of hydrogen-bond acceptors (Lipinski definition) is 4. The van der Waals surface area contributed by atoms with Crippen molar-refractivity contribution in [1.82, 2.24) is 4.98 Å². The molecule has 0 fully saturated rings. The molecule has 0 aliphatic rings. The van der Waals surface area contributed by atoms with Gasteiger partial charge < -0.3 is 9.52 Å². The van der Waals surface area contributed by atoms with Gasteiger partial charge in [-0.05, 0) is 18.2 Å². The first-order valence-electron chi connectivity index (χ1n) is 4.59. The molecule has 1 aromatic heterocycles. The van der Waals surface area contributed by atoms with Gasteiger partial charge in [0, 0.05) is 10.1 Å². The molecule has 4 nitrogen and oxygen atoms in total. The average molecular weight is 225 g/mol. The number of nitrogens with one attached hydrogen (secondary N) is 1. The highest BCUT2D eigenvalue weighted by atomic mass is 32.2. The third-order valence-corrected chi connectivity index (χ3v) is 3.06. The SMILES string of the molecule is CC(CO)Sc1ccc2oc(=O)[nH]c2c1. The topological polar surface area (TPSA) is 66.2 Å². The first-order valence-corrected chi connectivity index (χ1v) is 5.47. The monoisotopic (exact) mass is 225 g/mol. The molecule has 0 amide bonds. The number of H-pyrrole nitrogens is 1. The molecule has 2 rings (SSSR count). The second-order valence-electron chi connectivity index (χ2n) is 3.28. The summed E-state index contributed by atoms with van der Waals surface area (Å²) in [5, 5.41) is 9.06. The van der Waals surface area contributed by atoms with Crippen molar-refractivity contribution in [2.75, 3.05) is 6.61 Å². The van der Waals surface area contributed by atoms with Gasteiger partial charge in [-0.1, -0.05) is 6.92 Å². The van der Waals surface area contributed by atoms with Gasteiger partial charge in [0.15, 0.2) is 5.58 Å². The summed E-state index contributed by atoms with van der Waals surface area (Å²) in [7, 11) is 0. The zero-order chi connectivity index (χ0) is 10.8. The smallest absolute Gasteiger partial charge is 0.408 e. The molecule has 2 N–H and O–H groups in total. The third-order valence-electron chi connectivity index (χ3n) is 1.98. The summed E-state index contributed by atoms with van der Waals surface area (Å²) in [6, 6.07) is 5.46. The Kier molecular flexibility index (Phi) is 2.83. The van der Waals surface area contributed by atoms with Crippen molar-refractivity contribution in [3.05, 3.63) is 28.7 Å². The van der Waals surface area contributed by atoms with Gasteiger partial charge in [-0.2, -0.15) is 0 Å². The molecule has 1 atom stereocenters. The molecule has 1 unspecified atom stereocenters. The summed E-state index contributed by atoms with van der Waals surface area (Å²) >= 11 is 1.55. The van der Waals surface area contributed by atoms with Crippen LogP contribution in [0, 0.1) is 0 Å². The summed E-state index contributed by atoms with van der Waals surface area (Å²) in [5.41, 5.74) is 1.25. The van der Waals surface area contributed by atoms with E-state index in [0.29, 0.717) is 11.1 Å². The quantitative estimate of drug-likeness (QED) is 0.778. The van der Waals surface area contributed by atoms with Gasteiger partial charge in [-0.15, -0.1) is 11.8 Å². The summed E-state index contributed by atoms with van der Waals surface area (Å²) in [6.45, 7) is 2.07. The van der Waals surface area contributed by atoms with Gasteiger partial charge in [0.2, 0.25) is 0 Å². The van der Waals surface area contributed by atoms with Crippen molar-refractivity contribution >= 4 is 22.9 Å². The van der Waals surface area contributed by atoms with Crippen molar-refractivity contribution in [2.24, 2.45) is 0 Å². The normalized spacial score (nSPS) is 13.2. The van der Waals surface area contributed by atoms with Gasteiger partial charge in [0.05, 0.1) is 12.1 Å². The second-order valence-corrected chi connectivity index (χ2v) is 4.80. The molecule has 1 heterocycles. The van der Waals surface area contributed by atoms with Crippen LogP contribution in [0.4, 0.5) is 0 Å². The molecule has 15 heavy (non-hydrogen) atoms. The van der Waals surface area contributed by atoms with Crippen molar-refractivity contribution in [3.63, 3.8) is 0 Å². The van der Waals surface area contributed by atoms with Gasteiger partial charge in [-0.25, -0.2) is 4.79 Å². The lowest BCUT2D eigenvalue weighted by Crippen LogP contribution is -2.01. The van der Waals surface area contributed by atoms with Gasteiger partial charge in [0.25, 0.3) is 0 Å². The molecule has 0 bridgehead atoms. The lowest BCUT2D eigenvalue weighted by molar-refractivity contribution is 0.300. The number of aliphatic hydroxyl groups excluding tert-OH is 1. The van der Waals surface area contributed by atoms with E-state index in [-0.39, 0.29) is 11.9 Å². The van der Waals surface area contributed by atoms with Crippen LogP contribution in [0.15, 0.2) is 32.3 Å². The Hall–Kier alpha value is -1.20. The number of aliphatic hydroxyl groups is 1. The van der Waals surface area contributed by atoms with E-state index >= 15 is 0 Å². The fourth-order valence-corrected chi connectivity index (χ4v) is 2.15.